The monoisotopic (exact) mass is 512 g/mol. The maximum Gasteiger partial charge on any atom is 0.451 e. The summed E-state index contributed by atoms with van der Waals surface area (Å²) in [6.07, 6.45) is -4.24. The van der Waals surface area contributed by atoms with Gasteiger partial charge in [-0.25, -0.2) is 9.78 Å². The number of alkyl halides is 3. The number of aryl methyl sites for hydroxylation is 1. The Kier molecular flexibility index (Phi) is 6.75. The van der Waals surface area contributed by atoms with Gasteiger partial charge in [0.05, 0.1) is 11.9 Å². The van der Waals surface area contributed by atoms with Gasteiger partial charge in [-0.15, -0.1) is 21.5 Å². The molecule has 0 aliphatic carbocycles. The largest absolute Gasteiger partial charge is 0.451 e. The van der Waals surface area contributed by atoms with E-state index in [1.54, 1.807) is 32.1 Å². The summed E-state index contributed by atoms with van der Waals surface area (Å²) in [6, 6.07) is 2.02. The van der Waals surface area contributed by atoms with Crippen molar-refractivity contribution < 1.29 is 22.7 Å². The molecule has 1 amide bonds. The zero-order valence-corrected chi connectivity index (χ0v) is 20.7. The highest BCUT2D eigenvalue weighted by molar-refractivity contribution is 7.18. The molecule has 14 heteroatoms. The van der Waals surface area contributed by atoms with Crippen molar-refractivity contribution in [3.8, 4) is 0 Å². The molecule has 3 aromatic heterocycles. The van der Waals surface area contributed by atoms with Gasteiger partial charge >= 0.3 is 12.3 Å². The lowest BCUT2D eigenvalue weighted by Crippen LogP contribution is -2.36. The van der Waals surface area contributed by atoms with Crippen molar-refractivity contribution in [1.29, 1.82) is 0 Å². The first-order chi connectivity index (χ1) is 16.4. The average molecular weight is 513 g/mol. The molecule has 0 saturated carbocycles. The first kappa shape index (κ1) is 24.9. The van der Waals surface area contributed by atoms with Gasteiger partial charge in [0.15, 0.2) is 5.82 Å². The average Bonchev–Trinajstić information content (AvgIpc) is 3.38. The third-order valence-corrected chi connectivity index (χ3v) is 6.33. The normalized spacial score (nSPS) is 14.2. The lowest BCUT2D eigenvalue weighted by atomic mass is 10.2. The van der Waals surface area contributed by atoms with E-state index in [1.165, 1.54) is 0 Å². The Hall–Kier alpha value is -3.16. The molecule has 10 nitrogen and oxygen atoms in total. The maximum atomic E-state index is 13.2. The fourth-order valence-electron chi connectivity index (χ4n) is 3.65. The van der Waals surface area contributed by atoms with Gasteiger partial charge in [0.2, 0.25) is 11.8 Å². The number of hydrogen-bond acceptors (Lipinski definition) is 9. The molecule has 1 aliphatic rings. The summed E-state index contributed by atoms with van der Waals surface area (Å²) in [5, 5.41) is 13.7. The molecule has 0 unspecified atom stereocenters. The van der Waals surface area contributed by atoms with Crippen LogP contribution in [0.1, 0.15) is 44.2 Å². The SMILES string of the molecule is CCc1cc2c(N3CCn4c(nnc4C(F)(F)F)C3)nc(NCCNC(=O)OC(C)(C)C)nc2s1. The van der Waals surface area contributed by atoms with Crippen molar-refractivity contribution in [3.05, 3.63) is 22.6 Å². The molecule has 4 heterocycles. The highest BCUT2D eigenvalue weighted by Crippen LogP contribution is 2.35. The van der Waals surface area contributed by atoms with E-state index in [4.69, 9.17) is 4.74 Å². The predicted octanol–water partition coefficient (Wildman–Crippen LogP) is 3.82. The maximum absolute atomic E-state index is 13.2. The number of carbonyl (C=O) groups excluding carboxylic acids is 1. The molecule has 0 aromatic carbocycles. The van der Waals surface area contributed by atoms with Gasteiger partial charge in [0.1, 0.15) is 16.2 Å². The van der Waals surface area contributed by atoms with Gasteiger partial charge < -0.3 is 24.8 Å². The van der Waals surface area contributed by atoms with E-state index in [1.807, 2.05) is 17.9 Å². The van der Waals surface area contributed by atoms with Crippen LogP contribution in [0.4, 0.5) is 29.7 Å². The van der Waals surface area contributed by atoms with E-state index in [2.05, 4.69) is 30.8 Å². The standard InChI is InChI=1S/C21H27F3N8O2S/c1-5-12-10-13-15(31-8-9-32-14(11-31)29-30-17(32)21(22,23)24)27-18(28-16(13)35-12)25-6-7-26-19(33)34-20(2,3)4/h10H,5-9,11H2,1-4H3,(H,26,33)(H,25,27,28). The molecular formula is C21H27F3N8O2S. The second-order valence-electron chi connectivity index (χ2n) is 9.02. The molecule has 3 aromatic rings. The minimum atomic E-state index is -4.55. The number of carbonyl (C=O) groups is 1. The molecule has 35 heavy (non-hydrogen) atoms. The van der Waals surface area contributed by atoms with Crippen LogP contribution in [0.15, 0.2) is 6.07 Å². The van der Waals surface area contributed by atoms with Crippen molar-refractivity contribution in [1.82, 2.24) is 30.0 Å². The highest BCUT2D eigenvalue weighted by atomic mass is 32.1. The first-order valence-electron chi connectivity index (χ1n) is 11.2. The van der Waals surface area contributed by atoms with Crippen molar-refractivity contribution in [2.45, 2.75) is 59.0 Å². The molecule has 4 rings (SSSR count). The van der Waals surface area contributed by atoms with Gasteiger partial charge in [0.25, 0.3) is 0 Å². The minimum absolute atomic E-state index is 0.0933. The summed E-state index contributed by atoms with van der Waals surface area (Å²) >= 11 is 1.54. The van der Waals surface area contributed by atoms with Crippen LogP contribution >= 0.6 is 11.3 Å². The summed E-state index contributed by atoms with van der Waals surface area (Å²) in [7, 11) is 0. The van der Waals surface area contributed by atoms with E-state index in [0.29, 0.717) is 31.4 Å². The van der Waals surface area contributed by atoms with Crippen molar-refractivity contribution >= 4 is 39.4 Å². The number of halogens is 3. The first-order valence-corrected chi connectivity index (χ1v) is 12.0. The molecule has 0 spiro atoms. The van der Waals surface area contributed by atoms with Crippen molar-refractivity contribution in [2.24, 2.45) is 0 Å². The number of thiophene rings is 1. The summed E-state index contributed by atoms with van der Waals surface area (Å²) in [5.41, 5.74) is -0.587. The van der Waals surface area contributed by atoms with Crippen LogP contribution in [-0.4, -0.2) is 56.1 Å². The zero-order valence-electron chi connectivity index (χ0n) is 19.9. The number of anilines is 2. The summed E-state index contributed by atoms with van der Waals surface area (Å²) in [4.78, 5) is 24.9. The predicted molar refractivity (Wildman–Crippen MR) is 126 cm³/mol. The molecule has 0 bridgehead atoms. The molecule has 0 radical (unpaired) electrons. The molecule has 2 N–H and O–H groups in total. The molecule has 1 aliphatic heterocycles. The lowest BCUT2D eigenvalue weighted by Gasteiger charge is -2.29. The molecule has 0 fully saturated rings. The third-order valence-electron chi connectivity index (χ3n) is 5.15. The summed E-state index contributed by atoms with van der Waals surface area (Å²) < 4.78 is 46.0. The Bertz CT molecular complexity index is 1220. The summed E-state index contributed by atoms with van der Waals surface area (Å²) in [5.74, 6) is 0.239. The van der Waals surface area contributed by atoms with E-state index in [-0.39, 0.29) is 18.9 Å². The quantitative estimate of drug-likeness (QED) is 0.480. The Balaban J connectivity index is 1.52. The number of alkyl carbamates (subject to hydrolysis) is 1. The minimum Gasteiger partial charge on any atom is -0.444 e. The van der Waals surface area contributed by atoms with Crippen LogP contribution < -0.4 is 15.5 Å². The van der Waals surface area contributed by atoms with Crippen LogP contribution in [-0.2, 0) is 30.4 Å². The molecule has 190 valence electrons. The zero-order chi connectivity index (χ0) is 25.4. The number of ether oxygens (including phenoxy) is 1. The molecular weight excluding hydrogens is 485 g/mol. The fourth-order valence-corrected chi connectivity index (χ4v) is 4.61. The third kappa shape index (κ3) is 5.74. The Morgan fingerprint density at radius 1 is 1.17 bits per heavy atom. The number of fused-ring (bicyclic) bond motifs is 2. The van der Waals surface area contributed by atoms with Crippen LogP contribution in [0.3, 0.4) is 0 Å². The van der Waals surface area contributed by atoms with E-state index < -0.39 is 23.7 Å². The highest BCUT2D eigenvalue weighted by Gasteiger charge is 2.39. The number of hydrogen-bond donors (Lipinski definition) is 2. The topological polar surface area (TPSA) is 110 Å². The number of nitrogens with one attached hydrogen (secondary N) is 2. The van der Waals surface area contributed by atoms with Gasteiger partial charge in [-0.3, -0.25) is 0 Å². The lowest BCUT2D eigenvalue weighted by molar-refractivity contribution is -0.147. The van der Waals surface area contributed by atoms with Gasteiger partial charge in [0, 0.05) is 31.1 Å². The molecule has 0 saturated heterocycles. The van der Waals surface area contributed by atoms with Gasteiger partial charge in [-0.1, -0.05) is 6.92 Å². The Morgan fingerprint density at radius 2 is 1.94 bits per heavy atom. The number of aromatic nitrogens is 5. The van der Waals surface area contributed by atoms with Crippen LogP contribution in [0.25, 0.3) is 10.2 Å². The van der Waals surface area contributed by atoms with Gasteiger partial charge in [-0.2, -0.15) is 18.2 Å². The number of nitrogens with zero attached hydrogens (tertiary/aromatic N) is 6. The second-order valence-corrected chi connectivity index (χ2v) is 10.1. The molecule has 0 atom stereocenters. The van der Waals surface area contributed by atoms with Crippen LogP contribution in [0, 0.1) is 0 Å². The summed E-state index contributed by atoms with van der Waals surface area (Å²) in [6.45, 7) is 8.61. The number of amides is 1. The van der Waals surface area contributed by atoms with Crippen LogP contribution in [0.5, 0.6) is 0 Å². The van der Waals surface area contributed by atoms with Crippen LogP contribution in [0.2, 0.25) is 0 Å². The fraction of sp³-hybridized carbons (Fsp3) is 0.571. The van der Waals surface area contributed by atoms with Crippen molar-refractivity contribution in [3.63, 3.8) is 0 Å². The van der Waals surface area contributed by atoms with E-state index in [0.717, 1.165) is 26.1 Å². The Morgan fingerprint density at radius 3 is 2.63 bits per heavy atom. The second kappa shape index (κ2) is 9.47. The Labute approximate surface area is 203 Å². The van der Waals surface area contributed by atoms with Crippen molar-refractivity contribution in [2.75, 3.05) is 29.9 Å². The van der Waals surface area contributed by atoms with E-state index >= 15 is 0 Å². The van der Waals surface area contributed by atoms with E-state index in [9.17, 15) is 18.0 Å². The smallest absolute Gasteiger partial charge is 0.444 e. The van der Waals surface area contributed by atoms with Gasteiger partial charge in [-0.05, 0) is 33.3 Å². The number of rotatable bonds is 6.